The molecule has 0 saturated heterocycles. The average Bonchev–Trinajstić information content (AvgIpc) is 3.09. The van der Waals surface area contributed by atoms with Gasteiger partial charge in [-0.05, 0) is 51.9 Å². The number of likely N-dealkylation sites (N-methyl/N-ethyl adjacent to an activating group) is 1. The molecule has 3 rings (SSSR count). The standard InChI is InChI=1S/C19H27N3O4/c1-22(2)10-9-20-18(23)13-3-5-14(6-4-13)19(24)21-15-7-8-16-17(11-15)26-12-25-16/h7-8,11,13-14H,3-6,9-10,12H2,1-2H3,(H,20,23)(H,21,24). The molecule has 1 heterocycles. The van der Waals surface area contributed by atoms with Crippen molar-refractivity contribution in [2.24, 2.45) is 11.8 Å². The highest BCUT2D eigenvalue weighted by Gasteiger charge is 2.30. The first-order valence-electron chi connectivity index (χ1n) is 9.16. The normalized spacial score (nSPS) is 21.5. The van der Waals surface area contributed by atoms with E-state index in [9.17, 15) is 9.59 Å². The van der Waals surface area contributed by atoms with E-state index >= 15 is 0 Å². The van der Waals surface area contributed by atoms with Gasteiger partial charge in [-0.2, -0.15) is 0 Å². The summed E-state index contributed by atoms with van der Waals surface area (Å²) in [6, 6.07) is 5.40. The molecule has 0 atom stereocenters. The van der Waals surface area contributed by atoms with E-state index in [0.29, 0.717) is 23.7 Å². The Morgan fingerprint density at radius 2 is 1.69 bits per heavy atom. The molecular weight excluding hydrogens is 334 g/mol. The minimum Gasteiger partial charge on any atom is -0.454 e. The minimum atomic E-state index is -0.0498. The summed E-state index contributed by atoms with van der Waals surface area (Å²) < 4.78 is 10.6. The zero-order chi connectivity index (χ0) is 18.5. The van der Waals surface area contributed by atoms with Gasteiger partial charge in [-0.3, -0.25) is 9.59 Å². The van der Waals surface area contributed by atoms with Gasteiger partial charge in [0, 0.05) is 36.7 Å². The zero-order valence-electron chi connectivity index (χ0n) is 15.4. The number of carbonyl (C=O) groups excluding carboxylic acids is 2. The molecule has 0 bridgehead atoms. The third-order valence-electron chi connectivity index (χ3n) is 4.97. The molecule has 0 radical (unpaired) electrons. The maximum atomic E-state index is 12.5. The lowest BCUT2D eigenvalue weighted by Crippen LogP contribution is -2.38. The van der Waals surface area contributed by atoms with Crippen LogP contribution >= 0.6 is 0 Å². The van der Waals surface area contributed by atoms with Crippen molar-refractivity contribution in [2.45, 2.75) is 25.7 Å². The van der Waals surface area contributed by atoms with Crippen LogP contribution in [0.3, 0.4) is 0 Å². The minimum absolute atomic E-state index is 0.00957. The molecule has 1 aliphatic heterocycles. The van der Waals surface area contributed by atoms with Crippen molar-refractivity contribution in [3.8, 4) is 11.5 Å². The Balaban J connectivity index is 1.44. The van der Waals surface area contributed by atoms with Crippen LogP contribution in [0, 0.1) is 11.8 Å². The molecule has 0 aromatic heterocycles. The SMILES string of the molecule is CN(C)CCNC(=O)C1CCC(C(=O)Nc2ccc3c(c2)OCO3)CC1. The maximum Gasteiger partial charge on any atom is 0.231 e. The van der Waals surface area contributed by atoms with Crippen molar-refractivity contribution in [3.63, 3.8) is 0 Å². The highest BCUT2D eigenvalue weighted by molar-refractivity contribution is 5.93. The molecule has 7 nitrogen and oxygen atoms in total. The predicted octanol–water partition coefficient (Wildman–Crippen LogP) is 1.84. The van der Waals surface area contributed by atoms with Crippen LogP contribution in [0.4, 0.5) is 5.69 Å². The molecule has 2 amide bonds. The molecule has 1 saturated carbocycles. The van der Waals surface area contributed by atoms with Crippen molar-refractivity contribution in [3.05, 3.63) is 18.2 Å². The average molecular weight is 361 g/mol. The zero-order valence-corrected chi connectivity index (χ0v) is 15.4. The molecule has 26 heavy (non-hydrogen) atoms. The lowest BCUT2D eigenvalue weighted by Gasteiger charge is -2.27. The Morgan fingerprint density at radius 3 is 2.38 bits per heavy atom. The highest BCUT2D eigenvalue weighted by atomic mass is 16.7. The van der Waals surface area contributed by atoms with Crippen LogP contribution in [0.5, 0.6) is 11.5 Å². The third kappa shape index (κ3) is 4.66. The topological polar surface area (TPSA) is 79.9 Å². The molecule has 7 heteroatoms. The third-order valence-corrected chi connectivity index (χ3v) is 4.97. The number of rotatable bonds is 6. The number of nitrogens with zero attached hydrogens (tertiary/aromatic N) is 1. The second-order valence-electron chi connectivity index (χ2n) is 7.20. The summed E-state index contributed by atoms with van der Waals surface area (Å²) in [5.41, 5.74) is 0.711. The highest BCUT2D eigenvalue weighted by Crippen LogP contribution is 2.35. The molecule has 2 aliphatic rings. The van der Waals surface area contributed by atoms with E-state index in [1.165, 1.54) is 0 Å². The quantitative estimate of drug-likeness (QED) is 0.808. The number of benzene rings is 1. The molecule has 0 unspecified atom stereocenters. The Morgan fingerprint density at radius 1 is 1.04 bits per heavy atom. The van der Waals surface area contributed by atoms with Crippen molar-refractivity contribution >= 4 is 17.5 Å². The van der Waals surface area contributed by atoms with Crippen LogP contribution in [-0.2, 0) is 9.59 Å². The van der Waals surface area contributed by atoms with Crippen molar-refractivity contribution in [1.82, 2.24) is 10.2 Å². The fraction of sp³-hybridized carbons (Fsp3) is 0.579. The number of hydrogen-bond acceptors (Lipinski definition) is 5. The van der Waals surface area contributed by atoms with Gasteiger partial charge in [-0.15, -0.1) is 0 Å². The molecule has 0 spiro atoms. The molecule has 2 N–H and O–H groups in total. The van der Waals surface area contributed by atoms with Gasteiger partial charge in [0.25, 0.3) is 0 Å². The number of anilines is 1. The molecule has 1 aromatic rings. The largest absolute Gasteiger partial charge is 0.454 e. The summed E-state index contributed by atoms with van der Waals surface area (Å²) in [6.07, 6.45) is 2.99. The van der Waals surface area contributed by atoms with E-state index in [0.717, 1.165) is 32.2 Å². The first kappa shape index (κ1) is 18.5. The first-order chi connectivity index (χ1) is 12.5. The Bertz CT molecular complexity index is 654. The summed E-state index contributed by atoms with van der Waals surface area (Å²) in [4.78, 5) is 26.7. The van der Waals surface area contributed by atoms with Crippen LogP contribution in [-0.4, -0.2) is 50.7 Å². The summed E-state index contributed by atoms with van der Waals surface area (Å²) in [7, 11) is 3.96. The molecule has 1 fully saturated rings. The maximum absolute atomic E-state index is 12.5. The van der Waals surface area contributed by atoms with Crippen molar-refractivity contribution < 1.29 is 19.1 Å². The van der Waals surface area contributed by atoms with Gasteiger partial charge in [0.2, 0.25) is 18.6 Å². The van der Waals surface area contributed by atoms with E-state index in [-0.39, 0.29) is 30.4 Å². The summed E-state index contributed by atoms with van der Waals surface area (Å²) in [5.74, 6) is 1.44. The van der Waals surface area contributed by atoms with Gasteiger partial charge in [0.05, 0.1) is 0 Å². The molecule has 1 aromatic carbocycles. The number of fused-ring (bicyclic) bond motifs is 1. The van der Waals surface area contributed by atoms with Gasteiger partial charge >= 0.3 is 0 Å². The van der Waals surface area contributed by atoms with Crippen LogP contribution < -0.4 is 20.1 Å². The van der Waals surface area contributed by atoms with E-state index in [2.05, 4.69) is 10.6 Å². The number of carbonyl (C=O) groups is 2. The van der Waals surface area contributed by atoms with Gasteiger partial charge in [-0.25, -0.2) is 0 Å². The fourth-order valence-corrected chi connectivity index (χ4v) is 3.38. The Labute approximate surface area is 154 Å². The lowest BCUT2D eigenvalue weighted by molar-refractivity contribution is -0.128. The fourth-order valence-electron chi connectivity index (χ4n) is 3.38. The van der Waals surface area contributed by atoms with Gasteiger partial charge in [-0.1, -0.05) is 0 Å². The molecule has 142 valence electrons. The van der Waals surface area contributed by atoms with Crippen LogP contribution in [0.1, 0.15) is 25.7 Å². The van der Waals surface area contributed by atoms with Gasteiger partial charge in [0.1, 0.15) is 0 Å². The van der Waals surface area contributed by atoms with Crippen LogP contribution in [0.2, 0.25) is 0 Å². The second-order valence-corrected chi connectivity index (χ2v) is 7.20. The van der Waals surface area contributed by atoms with Crippen molar-refractivity contribution in [2.75, 3.05) is 39.3 Å². The smallest absolute Gasteiger partial charge is 0.231 e. The van der Waals surface area contributed by atoms with E-state index in [1.807, 2.05) is 25.1 Å². The van der Waals surface area contributed by atoms with Crippen LogP contribution in [0.15, 0.2) is 18.2 Å². The summed E-state index contributed by atoms with van der Waals surface area (Å²) >= 11 is 0. The van der Waals surface area contributed by atoms with Gasteiger partial charge in [0.15, 0.2) is 11.5 Å². The number of ether oxygens (including phenoxy) is 2. The summed E-state index contributed by atoms with van der Waals surface area (Å²) in [5, 5.41) is 5.94. The number of amides is 2. The lowest BCUT2D eigenvalue weighted by atomic mass is 9.81. The van der Waals surface area contributed by atoms with Gasteiger partial charge < -0.3 is 25.0 Å². The Hall–Kier alpha value is -2.28. The monoisotopic (exact) mass is 361 g/mol. The summed E-state index contributed by atoms with van der Waals surface area (Å²) in [6.45, 7) is 1.71. The molecule has 1 aliphatic carbocycles. The molecular formula is C19H27N3O4. The first-order valence-corrected chi connectivity index (χ1v) is 9.16. The Kier molecular flexibility index (Phi) is 5.98. The van der Waals surface area contributed by atoms with E-state index in [1.54, 1.807) is 12.1 Å². The number of nitrogens with one attached hydrogen (secondary N) is 2. The van der Waals surface area contributed by atoms with E-state index < -0.39 is 0 Å². The van der Waals surface area contributed by atoms with E-state index in [4.69, 9.17) is 9.47 Å². The second kappa shape index (κ2) is 8.40. The number of hydrogen-bond donors (Lipinski definition) is 2. The van der Waals surface area contributed by atoms with Crippen LogP contribution in [0.25, 0.3) is 0 Å². The van der Waals surface area contributed by atoms with Crippen molar-refractivity contribution in [1.29, 1.82) is 0 Å². The predicted molar refractivity (Wildman–Crippen MR) is 98.2 cm³/mol.